The van der Waals surface area contributed by atoms with Crippen LogP contribution in [0.25, 0.3) is 0 Å². The van der Waals surface area contributed by atoms with Gasteiger partial charge in [-0.25, -0.2) is 9.38 Å². The van der Waals surface area contributed by atoms with Gasteiger partial charge in [0.15, 0.2) is 11.7 Å². The lowest BCUT2D eigenvalue weighted by molar-refractivity contribution is -0.145. The van der Waals surface area contributed by atoms with Crippen LogP contribution >= 0.6 is 11.8 Å². The highest BCUT2D eigenvalue weighted by Crippen LogP contribution is 2.29. The Morgan fingerprint density at radius 3 is 2.89 bits per heavy atom. The minimum absolute atomic E-state index is 0.114. The molecule has 94 valence electrons. The van der Waals surface area contributed by atoms with Crippen LogP contribution in [0.2, 0.25) is 0 Å². The molecule has 0 aliphatic carbocycles. The molecular weight excluding hydrogens is 257 g/mol. The van der Waals surface area contributed by atoms with Gasteiger partial charge in [-0.15, -0.1) is 11.8 Å². The van der Waals surface area contributed by atoms with E-state index in [-0.39, 0.29) is 22.3 Å². The fourth-order valence-electron chi connectivity index (χ4n) is 1.56. The number of ketones is 1. The molecule has 6 heteroatoms. The van der Waals surface area contributed by atoms with Crippen molar-refractivity contribution in [2.45, 2.75) is 0 Å². The summed E-state index contributed by atoms with van der Waals surface area (Å²) in [5.74, 6) is -2.26. The average molecular weight is 267 g/mol. The first-order chi connectivity index (χ1) is 8.63. The van der Waals surface area contributed by atoms with Gasteiger partial charge in [0.2, 0.25) is 0 Å². The Balaban J connectivity index is 2.35. The Morgan fingerprint density at radius 1 is 1.50 bits per heavy atom. The molecule has 1 aliphatic heterocycles. The third-order valence-electron chi connectivity index (χ3n) is 2.45. The predicted molar refractivity (Wildman–Crippen MR) is 66.5 cm³/mol. The molecule has 1 aliphatic rings. The number of halogens is 1. The molecule has 1 fully saturated rings. The average Bonchev–Trinajstić information content (AvgIpc) is 2.72. The van der Waals surface area contributed by atoms with Gasteiger partial charge in [-0.1, -0.05) is 12.1 Å². The van der Waals surface area contributed by atoms with Gasteiger partial charge in [-0.05, 0) is 12.1 Å². The standard InChI is InChI=1S/C12H10FNO3S/c1-17-12(16)10-9(15)6-18-11(10)14-8-5-3-2-4-7(8)13/h2-5,10H,6H2,1H3. The summed E-state index contributed by atoms with van der Waals surface area (Å²) >= 11 is 1.14. The largest absolute Gasteiger partial charge is 0.468 e. The van der Waals surface area contributed by atoms with Crippen LogP contribution < -0.4 is 0 Å². The number of esters is 1. The smallest absolute Gasteiger partial charge is 0.322 e. The number of rotatable bonds is 2. The highest BCUT2D eigenvalue weighted by Gasteiger charge is 2.38. The van der Waals surface area contributed by atoms with E-state index in [1.165, 1.54) is 19.2 Å². The number of carbonyl (C=O) groups is 2. The van der Waals surface area contributed by atoms with Gasteiger partial charge in [0.05, 0.1) is 23.6 Å². The van der Waals surface area contributed by atoms with E-state index in [4.69, 9.17) is 0 Å². The Hall–Kier alpha value is -1.69. The molecule has 2 rings (SSSR count). The van der Waals surface area contributed by atoms with Crippen molar-refractivity contribution in [3.8, 4) is 0 Å². The summed E-state index contributed by atoms with van der Waals surface area (Å²) in [4.78, 5) is 27.1. The third kappa shape index (κ3) is 2.43. The van der Waals surface area contributed by atoms with Gasteiger partial charge < -0.3 is 4.74 Å². The second-order valence-corrected chi connectivity index (χ2v) is 4.61. The van der Waals surface area contributed by atoms with Crippen molar-refractivity contribution in [3.63, 3.8) is 0 Å². The van der Waals surface area contributed by atoms with E-state index in [9.17, 15) is 14.0 Å². The van der Waals surface area contributed by atoms with Crippen molar-refractivity contribution in [3.05, 3.63) is 30.1 Å². The van der Waals surface area contributed by atoms with E-state index >= 15 is 0 Å². The molecule has 1 heterocycles. The Labute approximate surface area is 107 Å². The molecule has 18 heavy (non-hydrogen) atoms. The maximum absolute atomic E-state index is 13.4. The zero-order valence-corrected chi connectivity index (χ0v) is 10.4. The number of para-hydroxylation sites is 1. The molecule has 0 aromatic heterocycles. The van der Waals surface area contributed by atoms with Crippen LogP contribution in [0.5, 0.6) is 0 Å². The molecule has 1 aromatic carbocycles. The second kappa shape index (κ2) is 5.30. The molecule has 0 radical (unpaired) electrons. The molecule has 0 N–H and O–H groups in total. The van der Waals surface area contributed by atoms with E-state index in [0.717, 1.165) is 11.8 Å². The van der Waals surface area contributed by atoms with Gasteiger partial charge in [0.25, 0.3) is 0 Å². The first-order valence-electron chi connectivity index (χ1n) is 5.20. The summed E-state index contributed by atoms with van der Waals surface area (Å²) < 4.78 is 18.0. The lowest BCUT2D eigenvalue weighted by atomic mass is 10.1. The summed E-state index contributed by atoms with van der Waals surface area (Å²) in [5, 5.41) is 0.289. The van der Waals surface area contributed by atoms with Crippen LogP contribution in [0.3, 0.4) is 0 Å². The summed E-state index contributed by atoms with van der Waals surface area (Å²) in [6, 6.07) is 5.94. The molecule has 1 atom stereocenters. The van der Waals surface area contributed by atoms with Crippen molar-refractivity contribution in [1.29, 1.82) is 0 Å². The zero-order chi connectivity index (χ0) is 13.1. The normalized spacial score (nSPS) is 21.3. The van der Waals surface area contributed by atoms with Gasteiger partial charge in [-0.2, -0.15) is 0 Å². The van der Waals surface area contributed by atoms with Crippen LogP contribution in [-0.2, 0) is 14.3 Å². The van der Waals surface area contributed by atoms with E-state index in [2.05, 4.69) is 9.73 Å². The number of aliphatic imine (C=N–C) groups is 1. The maximum atomic E-state index is 13.4. The lowest BCUT2D eigenvalue weighted by Crippen LogP contribution is -2.26. The highest BCUT2D eigenvalue weighted by molar-refractivity contribution is 8.15. The van der Waals surface area contributed by atoms with Crippen molar-refractivity contribution in [1.82, 2.24) is 0 Å². The third-order valence-corrected chi connectivity index (χ3v) is 3.50. The number of carbonyl (C=O) groups excluding carboxylic acids is 2. The van der Waals surface area contributed by atoms with Crippen LogP contribution in [0.15, 0.2) is 29.3 Å². The lowest BCUT2D eigenvalue weighted by Gasteiger charge is -2.06. The van der Waals surface area contributed by atoms with Crippen molar-refractivity contribution in [2.75, 3.05) is 12.9 Å². The number of methoxy groups -OCH3 is 1. The fourth-order valence-corrected chi connectivity index (χ4v) is 2.57. The van der Waals surface area contributed by atoms with Crippen LogP contribution in [-0.4, -0.2) is 29.7 Å². The van der Waals surface area contributed by atoms with Crippen LogP contribution in [0.1, 0.15) is 0 Å². The Bertz CT molecular complexity index is 530. The van der Waals surface area contributed by atoms with Crippen LogP contribution in [0.4, 0.5) is 10.1 Å². The second-order valence-electron chi connectivity index (χ2n) is 3.61. The van der Waals surface area contributed by atoms with Crippen molar-refractivity contribution in [2.24, 2.45) is 10.9 Å². The Kier molecular flexibility index (Phi) is 3.76. The number of nitrogens with zero attached hydrogens (tertiary/aromatic N) is 1. The molecule has 0 amide bonds. The highest BCUT2D eigenvalue weighted by atomic mass is 32.2. The molecule has 0 spiro atoms. The molecule has 4 nitrogen and oxygen atoms in total. The minimum Gasteiger partial charge on any atom is -0.468 e. The predicted octanol–water partition coefficient (Wildman–Crippen LogP) is 1.96. The fraction of sp³-hybridized carbons (Fsp3) is 0.250. The monoisotopic (exact) mass is 267 g/mol. The molecule has 1 saturated heterocycles. The first kappa shape index (κ1) is 12.8. The topological polar surface area (TPSA) is 55.7 Å². The summed E-state index contributed by atoms with van der Waals surface area (Å²) in [6.45, 7) is 0. The number of Topliss-reactive ketones (excluding diaryl/α,β-unsaturated/α-hetero) is 1. The minimum atomic E-state index is -1.01. The van der Waals surface area contributed by atoms with Gasteiger partial charge >= 0.3 is 5.97 Å². The van der Waals surface area contributed by atoms with Crippen molar-refractivity contribution >= 4 is 34.2 Å². The number of thioether (sulfide) groups is 1. The number of ether oxygens (including phenoxy) is 1. The Morgan fingerprint density at radius 2 is 2.22 bits per heavy atom. The van der Waals surface area contributed by atoms with Crippen LogP contribution in [0, 0.1) is 11.7 Å². The molecule has 0 saturated carbocycles. The summed E-state index contributed by atoms with van der Waals surface area (Å²) in [5.41, 5.74) is 0.114. The molecule has 1 unspecified atom stereocenters. The van der Waals surface area contributed by atoms with E-state index < -0.39 is 17.7 Å². The van der Waals surface area contributed by atoms with Gasteiger partial charge in [0, 0.05) is 0 Å². The SMILES string of the molecule is COC(=O)C1C(=O)CSC1=Nc1ccccc1F. The van der Waals surface area contributed by atoms with E-state index in [1.807, 2.05) is 0 Å². The molecule has 0 bridgehead atoms. The number of hydrogen-bond acceptors (Lipinski definition) is 5. The first-order valence-corrected chi connectivity index (χ1v) is 6.18. The van der Waals surface area contributed by atoms with Crippen molar-refractivity contribution < 1.29 is 18.7 Å². The number of benzene rings is 1. The molecular formula is C12H10FNO3S. The zero-order valence-electron chi connectivity index (χ0n) is 9.55. The molecule has 1 aromatic rings. The quantitative estimate of drug-likeness (QED) is 0.607. The number of hydrogen-bond donors (Lipinski definition) is 0. The van der Waals surface area contributed by atoms with E-state index in [0.29, 0.717) is 0 Å². The summed E-state index contributed by atoms with van der Waals surface area (Å²) in [7, 11) is 1.21. The van der Waals surface area contributed by atoms with Gasteiger partial charge in [-0.3, -0.25) is 9.59 Å². The van der Waals surface area contributed by atoms with Gasteiger partial charge in [0.1, 0.15) is 5.82 Å². The van der Waals surface area contributed by atoms with E-state index in [1.54, 1.807) is 12.1 Å². The summed E-state index contributed by atoms with van der Waals surface area (Å²) in [6.07, 6.45) is 0. The maximum Gasteiger partial charge on any atom is 0.322 e.